The number of hydrogen-bond acceptors (Lipinski definition) is 5. The number of nitrogens with one attached hydrogen (secondary N) is 1. The van der Waals surface area contributed by atoms with Gasteiger partial charge in [-0.2, -0.15) is 0 Å². The van der Waals surface area contributed by atoms with Gasteiger partial charge < -0.3 is 10.1 Å². The predicted octanol–water partition coefficient (Wildman–Crippen LogP) is 3.56. The third kappa shape index (κ3) is 3.80. The fourth-order valence-electron chi connectivity index (χ4n) is 2.23. The molecule has 0 radical (unpaired) electrons. The summed E-state index contributed by atoms with van der Waals surface area (Å²) >= 11 is 1.65. The van der Waals surface area contributed by atoms with Crippen LogP contribution in [0.5, 0.6) is 5.75 Å². The van der Waals surface area contributed by atoms with Crippen LogP contribution in [-0.2, 0) is 6.42 Å². The lowest BCUT2D eigenvalue weighted by Gasteiger charge is -2.18. The minimum Gasteiger partial charge on any atom is -0.496 e. The first-order valence-corrected chi connectivity index (χ1v) is 7.61. The van der Waals surface area contributed by atoms with Crippen LogP contribution in [0, 0.1) is 10.1 Å². The van der Waals surface area contributed by atoms with Gasteiger partial charge in [-0.05, 0) is 30.0 Å². The van der Waals surface area contributed by atoms with E-state index in [1.807, 2.05) is 23.6 Å². The molecule has 0 spiro atoms. The van der Waals surface area contributed by atoms with Crippen LogP contribution in [0.25, 0.3) is 0 Å². The maximum atomic E-state index is 10.7. The highest BCUT2D eigenvalue weighted by Crippen LogP contribution is 2.33. The first-order valence-electron chi connectivity index (χ1n) is 6.73. The van der Waals surface area contributed by atoms with Crippen LogP contribution in [0.2, 0.25) is 0 Å². The Kier molecular flexibility index (Phi) is 5.30. The Bertz CT molecular complexity index is 595. The molecule has 0 saturated carbocycles. The van der Waals surface area contributed by atoms with Crippen molar-refractivity contribution in [1.29, 1.82) is 0 Å². The van der Waals surface area contributed by atoms with Crippen LogP contribution in [0.3, 0.4) is 0 Å². The molecular weight excluding hydrogens is 288 g/mol. The third-order valence-corrected chi connectivity index (χ3v) is 4.24. The molecule has 0 fully saturated rings. The lowest BCUT2D eigenvalue weighted by atomic mass is 10.0. The Morgan fingerprint density at radius 3 is 2.62 bits per heavy atom. The van der Waals surface area contributed by atoms with E-state index in [1.165, 1.54) is 0 Å². The molecule has 1 heterocycles. The number of thiophene rings is 1. The van der Waals surface area contributed by atoms with Crippen molar-refractivity contribution in [1.82, 2.24) is 5.32 Å². The van der Waals surface area contributed by atoms with Gasteiger partial charge >= 0.3 is 0 Å². The molecule has 5 nitrogen and oxygen atoms in total. The van der Waals surface area contributed by atoms with E-state index in [2.05, 4.69) is 12.2 Å². The molecule has 0 amide bonds. The van der Waals surface area contributed by atoms with E-state index in [4.69, 9.17) is 4.74 Å². The van der Waals surface area contributed by atoms with Crippen LogP contribution in [0.4, 0.5) is 5.69 Å². The zero-order valence-corrected chi connectivity index (χ0v) is 12.9. The van der Waals surface area contributed by atoms with Gasteiger partial charge in [0, 0.05) is 18.2 Å². The van der Waals surface area contributed by atoms with Crippen LogP contribution < -0.4 is 10.1 Å². The molecule has 0 aliphatic carbocycles. The summed E-state index contributed by atoms with van der Waals surface area (Å²) in [5.74, 6) is 0.882. The summed E-state index contributed by atoms with van der Waals surface area (Å²) in [5.41, 5.74) is 1.18. The topological polar surface area (TPSA) is 64.4 Å². The Balaban J connectivity index is 2.18. The number of benzene rings is 1. The largest absolute Gasteiger partial charge is 0.496 e. The average molecular weight is 306 g/mol. The molecular formula is C15H18N2O3S. The molecule has 0 saturated heterocycles. The highest BCUT2D eigenvalue weighted by atomic mass is 32.1. The number of hydrogen-bond donors (Lipinski definition) is 1. The molecule has 2 rings (SSSR count). The number of nitro benzene ring substituents is 1. The average Bonchev–Trinajstić information content (AvgIpc) is 2.95. The summed E-state index contributed by atoms with van der Waals surface area (Å²) in [4.78, 5) is 11.5. The molecule has 1 unspecified atom stereocenters. The van der Waals surface area contributed by atoms with Gasteiger partial charge in [0.1, 0.15) is 5.75 Å². The molecule has 1 atom stereocenters. The van der Waals surface area contributed by atoms with Crippen molar-refractivity contribution in [3.8, 4) is 5.75 Å². The van der Waals surface area contributed by atoms with Crippen LogP contribution in [0.15, 0.2) is 35.7 Å². The number of likely N-dealkylation sites (N-methyl/N-ethyl adjacent to an activating group) is 1. The SMILES string of the molecule is CCNC(Cc1ccc([N+](=O)[O-])cc1)c1sccc1OC. The maximum Gasteiger partial charge on any atom is 0.269 e. The second-order valence-corrected chi connectivity index (χ2v) is 5.54. The molecule has 6 heteroatoms. The van der Waals surface area contributed by atoms with Gasteiger partial charge in [0.15, 0.2) is 0 Å². The quantitative estimate of drug-likeness (QED) is 0.627. The van der Waals surface area contributed by atoms with Crippen molar-refractivity contribution in [2.45, 2.75) is 19.4 Å². The number of rotatable bonds is 7. The van der Waals surface area contributed by atoms with Crippen molar-refractivity contribution >= 4 is 17.0 Å². The number of ether oxygens (including phenoxy) is 1. The van der Waals surface area contributed by atoms with Crippen molar-refractivity contribution in [3.63, 3.8) is 0 Å². The van der Waals surface area contributed by atoms with Gasteiger partial charge in [0.25, 0.3) is 5.69 Å². The number of methoxy groups -OCH3 is 1. The minimum atomic E-state index is -0.381. The fourth-order valence-corrected chi connectivity index (χ4v) is 3.16. The molecule has 0 aliphatic heterocycles. The smallest absolute Gasteiger partial charge is 0.269 e. The summed E-state index contributed by atoms with van der Waals surface area (Å²) in [5, 5.41) is 16.1. The second kappa shape index (κ2) is 7.19. The Morgan fingerprint density at radius 2 is 2.05 bits per heavy atom. The molecule has 2 aromatic rings. The van der Waals surface area contributed by atoms with Crippen LogP contribution >= 0.6 is 11.3 Å². The van der Waals surface area contributed by atoms with E-state index in [0.717, 1.165) is 29.2 Å². The summed E-state index contributed by atoms with van der Waals surface area (Å²) in [6.07, 6.45) is 0.767. The predicted molar refractivity (Wildman–Crippen MR) is 84.1 cm³/mol. The van der Waals surface area contributed by atoms with Gasteiger partial charge in [-0.15, -0.1) is 11.3 Å². The normalized spacial score (nSPS) is 12.1. The van der Waals surface area contributed by atoms with Gasteiger partial charge in [0.2, 0.25) is 0 Å². The Hall–Kier alpha value is -1.92. The van der Waals surface area contributed by atoms with Crippen molar-refractivity contribution in [2.24, 2.45) is 0 Å². The van der Waals surface area contributed by atoms with Crippen molar-refractivity contribution in [3.05, 3.63) is 56.3 Å². The van der Waals surface area contributed by atoms with E-state index < -0.39 is 0 Å². The third-order valence-electron chi connectivity index (χ3n) is 3.23. The molecule has 1 N–H and O–H groups in total. The Labute approximate surface area is 127 Å². The van der Waals surface area contributed by atoms with E-state index in [1.54, 1.807) is 30.6 Å². The van der Waals surface area contributed by atoms with Gasteiger partial charge in [0.05, 0.1) is 16.9 Å². The summed E-state index contributed by atoms with van der Waals surface area (Å²) in [7, 11) is 1.67. The molecule has 1 aromatic heterocycles. The first-order chi connectivity index (χ1) is 10.2. The fraction of sp³-hybridized carbons (Fsp3) is 0.333. The zero-order valence-electron chi connectivity index (χ0n) is 12.0. The molecule has 0 bridgehead atoms. The molecule has 0 aliphatic rings. The maximum absolute atomic E-state index is 10.7. The van der Waals surface area contributed by atoms with E-state index in [-0.39, 0.29) is 16.7 Å². The van der Waals surface area contributed by atoms with Crippen LogP contribution in [0.1, 0.15) is 23.4 Å². The Morgan fingerprint density at radius 1 is 1.33 bits per heavy atom. The minimum absolute atomic E-state index is 0.118. The van der Waals surface area contributed by atoms with Crippen molar-refractivity contribution < 1.29 is 9.66 Å². The molecule has 112 valence electrons. The van der Waals surface area contributed by atoms with Crippen molar-refractivity contribution in [2.75, 3.05) is 13.7 Å². The summed E-state index contributed by atoms with van der Waals surface area (Å²) in [6, 6.07) is 8.81. The van der Waals surface area contributed by atoms with Gasteiger partial charge in [-0.25, -0.2) is 0 Å². The monoisotopic (exact) mass is 306 g/mol. The molecule has 1 aromatic carbocycles. The molecule has 21 heavy (non-hydrogen) atoms. The summed E-state index contributed by atoms with van der Waals surface area (Å²) < 4.78 is 5.38. The number of nitro groups is 1. The second-order valence-electron chi connectivity index (χ2n) is 4.59. The van der Waals surface area contributed by atoms with E-state index >= 15 is 0 Å². The highest BCUT2D eigenvalue weighted by Gasteiger charge is 2.17. The number of non-ortho nitro benzene ring substituents is 1. The van der Waals surface area contributed by atoms with Gasteiger partial charge in [-0.3, -0.25) is 10.1 Å². The first kappa shape index (κ1) is 15.5. The van der Waals surface area contributed by atoms with E-state index in [0.29, 0.717) is 0 Å². The zero-order chi connectivity index (χ0) is 15.2. The van der Waals surface area contributed by atoms with Crippen LogP contribution in [-0.4, -0.2) is 18.6 Å². The lowest BCUT2D eigenvalue weighted by molar-refractivity contribution is -0.384. The number of nitrogens with zero attached hydrogens (tertiary/aromatic N) is 1. The lowest BCUT2D eigenvalue weighted by Crippen LogP contribution is -2.22. The van der Waals surface area contributed by atoms with E-state index in [9.17, 15) is 10.1 Å². The highest BCUT2D eigenvalue weighted by molar-refractivity contribution is 7.10. The van der Waals surface area contributed by atoms with Gasteiger partial charge in [-0.1, -0.05) is 19.1 Å². The summed E-state index contributed by atoms with van der Waals surface area (Å²) in [6.45, 7) is 2.90. The standard InChI is InChI=1S/C15H18N2O3S/c1-3-16-13(15-14(20-2)8-9-21-15)10-11-4-6-12(7-5-11)17(18)19/h4-9,13,16H,3,10H2,1-2H3.